The van der Waals surface area contributed by atoms with E-state index in [9.17, 15) is 4.79 Å². The maximum Gasteiger partial charge on any atom is 0.238 e. The van der Waals surface area contributed by atoms with Crippen molar-refractivity contribution in [3.8, 4) is 0 Å². The highest BCUT2D eigenvalue weighted by molar-refractivity contribution is 6.40. The Labute approximate surface area is 135 Å². The summed E-state index contributed by atoms with van der Waals surface area (Å²) < 4.78 is 0. The van der Waals surface area contributed by atoms with Crippen LogP contribution < -0.4 is 11.1 Å². The van der Waals surface area contributed by atoms with E-state index in [1.807, 2.05) is 0 Å². The van der Waals surface area contributed by atoms with Gasteiger partial charge in [-0.05, 0) is 36.9 Å². The van der Waals surface area contributed by atoms with Crippen LogP contribution >= 0.6 is 23.2 Å². The minimum absolute atomic E-state index is 0.104. The Balaban J connectivity index is 1.94. The molecule has 1 fully saturated rings. The van der Waals surface area contributed by atoms with E-state index in [4.69, 9.17) is 28.9 Å². The van der Waals surface area contributed by atoms with Gasteiger partial charge in [-0.15, -0.1) is 0 Å². The molecule has 1 heterocycles. The molecule has 0 saturated carbocycles. The molecule has 1 amide bonds. The Morgan fingerprint density at radius 3 is 2.57 bits per heavy atom. The van der Waals surface area contributed by atoms with Crippen LogP contribution in [0.3, 0.4) is 0 Å². The molecule has 21 heavy (non-hydrogen) atoms. The molecule has 0 radical (unpaired) electrons. The summed E-state index contributed by atoms with van der Waals surface area (Å²) in [6, 6.07) is 3.15. The molecular formula is C15H21Cl2N3O. The molecule has 1 aromatic rings. The lowest BCUT2D eigenvalue weighted by Gasteiger charge is -2.18. The molecule has 0 aliphatic carbocycles. The molecule has 0 spiro atoms. The van der Waals surface area contributed by atoms with Crippen molar-refractivity contribution >= 4 is 40.5 Å². The van der Waals surface area contributed by atoms with Crippen LogP contribution in [0.5, 0.6) is 0 Å². The zero-order valence-corrected chi connectivity index (χ0v) is 13.8. The van der Waals surface area contributed by atoms with Gasteiger partial charge in [-0.25, -0.2) is 0 Å². The van der Waals surface area contributed by atoms with E-state index >= 15 is 0 Å². The van der Waals surface area contributed by atoms with Gasteiger partial charge in [0.1, 0.15) is 0 Å². The molecule has 1 aromatic carbocycles. The van der Waals surface area contributed by atoms with Crippen molar-refractivity contribution in [3.63, 3.8) is 0 Å². The molecule has 1 atom stereocenters. The number of hydrogen-bond donors (Lipinski definition) is 2. The van der Waals surface area contributed by atoms with Crippen LogP contribution in [-0.4, -0.2) is 30.4 Å². The molecule has 116 valence electrons. The fourth-order valence-corrected chi connectivity index (χ4v) is 3.24. The average Bonchev–Trinajstić information content (AvgIpc) is 2.82. The summed E-state index contributed by atoms with van der Waals surface area (Å²) in [4.78, 5) is 14.3. The van der Waals surface area contributed by atoms with Gasteiger partial charge in [0.15, 0.2) is 0 Å². The quantitative estimate of drug-likeness (QED) is 0.831. The summed E-state index contributed by atoms with van der Waals surface area (Å²) in [7, 11) is 0. The van der Waals surface area contributed by atoms with Crippen molar-refractivity contribution in [1.29, 1.82) is 0 Å². The normalized spacial score (nSPS) is 19.2. The Bertz CT molecular complexity index is 511. The Kier molecular flexibility index (Phi) is 5.36. The first-order valence-corrected chi connectivity index (χ1v) is 7.89. The molecule has 0 aromatic heterocycles. The number of rotatable bonds is 4. The zero-order chi connectivity index (χ0) is 15.6. The maximum absolute atomic E-state index is 12.1. The number of nitrogens with two attached hydrogens (primary N) is 1. The molecule has 1 saturated heterocycles. The van der Waals surface area contributed by atoms with Gasteiger partial charge in [-0.1, -0.05) is 37.0 Å². The van der Waals surface area contributed by atoms with E-state index in [1.54, 1.807) is 12.1 Å². The number of carbonyl (C=O) groups is 1. The van der Waals surface area contributed by atoms with Gasteiger partial charge in [0.05, 0.1) is 22.3 Å². The molecule has 0 bridgehead atoms. The SMILES string of the molecule is CC(C)C1CCN(CC(=O)Nc2c(Cl)cc(N)cc2Cl)C1. The number of amides is 1. The van der Waals surface area contributed by atoms with E-state index in [0.29, 0.717) is 39.8 Å². The van der Waals surface area contributed by atoms with Crippen molar-refractivity contribution in [3.05, 3.63) is 22.2 Å². The molecule has 6 heteroatoms. The first-order chi connectivity index (χ1) is 9.86. The van der Waals surface area contributed by atoms with Gasteiger partial charge >= 0.3 is 0 Å². The van der Waals surface area contributed by atoms with E-state index in [0.717, 1.165) is 19.5 Å². The highest BCUT2D eigenvalue weighted by Crippen LogP contribution is 2.33. The largest absolute Gasteiger partial charge is 0.399 e. The van der Waals surface area contributed by atoms with Crippen molar-refractivity contribution in [2.45, 2.75) is 20.3 Å². The van der Waals surface area contributed by atoms with Crippen LogP contribution in [0.1, 0.15) is 20.3 Å². The number of carbonyl (C=O) groups excluding carboxylic acids is 1. The lowest BCUT2D eigenvalue weighted by atomic mass is 9.95. The van der Waals surface area contributed by atoms with E-state index in [-0.39, 0.29) is 5.91 Å². The minimum atomic E-state index is -0.104. The molecule has 1 aliphatic rings. The summed E-state index contributed by atoms with van der Waals surface area (Å²) in [6.07, 6.45) is 1.15. The highest BCUT2D eigenvalue weighted by atomic mass is 35.5. The second-order valence-corrected chi connectivity index (χ2v) is 6.75. The third-order valence-electron chi connectivity index (χ3n) is 3.95. The van der Waals surface area contributed by atoms with Crippen LogP contribution in [0.2, 0.25) is 10.0 Å². The Morgan fingerprint density at radius 2 is 2.05 bits per heavy atom. The van der Waals surface area contributed by atoms with Crippen LogP contribution in [0, 0.1) is 11.8 Å². The lowest BCUT2D eigenvalue weighted by Crippen LogP contribution is -2.32. The number of halogens is 2. The predicted octanol–water partition coefficient (Wildman–Crippen LogP) is 3.49. The highest BCUT2D eigenvalue weighted by Gasteiger charge is 2.26. The number of anilines is 2. The second kappa shape index (κ2) is 6.86. The van der Waals surface area contributed by atoms with Crippen molar-refractivity contribution < 1.29 is 4.79 Å². The molecule has 2 rings (SSSR count). The van der Waals surface area contributed by atoms with Gasteiger partial charge < -0.3 is 11.1 Å². The van der Waals surface area contributed by atoms with Crippen LogP contribution in [0.25, 0.3) is 0 Å². The monoisotopic (exact) mass is 329 g/mol. The zero-order valence-electron chi connectivity index (χ0n) is 12.3. The Hall–Kier alpha value is -0.970. The topological polar surface area (TPSA) is 58.4 Å². The second-order valence-electron chi connectivity index (χ2n) is 5.94. The van der Waals surface area contributed by atoms with Gasteiger partial charge in [0.25, 0.3) is 0 Å². The lowest BCUT2D eigenvalue weighted by molar-refractivity contribution is -0.117. The van der Waals surface area contributed by atoms with Crippen molar-refractivity contribution in [2.24, 2.45) is 11.8 Å². The first-order valence-electron chi connectivity index (χ1n) is 7.13. The van der Waals surface area contributed by atoms with Gasteiger partial charge in [-0.3, -0.25) is 9.69 Å². The molecule has 1 unspecified atom stereocenters. The number of likely N-dealkylation sites (tertiary alicyclic amines) is 1. The van der Waals surface area contributed by atoms with E-state index < -0.39 is 0 Å². The Morgan fingerprint density at radius 1 is 1.43 bits per heavy atom. The third-order valence-corrected chi connectivity index (χ3v) is 4.54. The molecule has 3 N–H and O–H groups in total. The van der Waals surface area contributed by atoms with E-state index in [1.165, 1.54) is 0 Å². The fraction of sp³-hybridized carbons (Fsp3) is 0.533. The average molecular weight is 330 g/mol. The summed E-state index contributed by atoms with van der Waals surface area (Å²) in [5.74, 6) is 1.22. The molecular weight excluding hydrogens is 309 g/mol. The van der Waals surface area contributed by atoms with E-state index in [2.05, 4.69) is 24.1 Å². The third kappa shape index (κ3) is 4.25. The number of nitrogens with zero attached hydrogens (tertiary/aromatic N) is 1. The molecule has 1 aliphatic heterocycles. The molecule has 4 nitrogen and oxygen atoms in total. The minimum Gasteiger partial charge on any atom is -0.399 e. The number of benzene rings is 1. The number of hydrogen-bond acceptors (Lipinski definition) is 3. The maximum atomic E-state index is 12.1. The van der Waals surface area contributed by atoms with Gasteiger partial charge in [-0.2, -0.15) is 0 Å². The first kappa shape index (κ1) is 16.4. The number of nitrogen functional groups attached to an aromatic ring is 1. The van der Waals surface area contributed by atoms with Crippen molar-refractivity contribution in [2.75, 3.05) is 30.7 Å². The van der Waals surface area contributed by atoms with Crippen molar-refractivity contribution in [1.82, 2.24) is 4.90 Å². The standard InChI is InChI=1S/C15H21Cl2N3O/c1-9(2)10-3-4-20(7-10)8-14(21)19-15-12(16)5-11(18)6-13(15)17/h5-6,9-10H,3-4,7-8,18H2,1-2H3,(H,19,21). The predicted molar refractivity (Wildman–Crippen MR) is 88.9 cm³/mol. The fourth-order valence-electron chi connectivity index (χ4n) is 2.64. The van der Waals surface area contributed by atoms with Crippen LogP contribution in [-0.2, 0) is 4.79 Å². The summed E-state index contributed by atoms with van der Waals surface area (Å²) >= 11 is 12.1. The summed E-state index contributed by atoms with van der Waals surface area (Å²) in [6.45, 7) is 6.73. The van der Waals surface area contributed by atoms with Crippen LogP contribution in [0.4, 0.5) is 11.4 Å². The van der Waals surface area contributed by atoms with Crippen LogP contribution in [0.15, 0.2) is 12.1 Å². The smallest absolute Gasteiger partial charge is 0.238 e. The number of nitrogens with one attached hydrogen (secondary N) is 1. The van der Waals surface area contributed by atoms with Gasteiger partial charge in [0, 0.05) is 12.2 Å². The summed E-state index contributed by atoms with van der Waals surface area (Å²) in [5.41, 5.74) is 6.55. The summed E-state index contributed by atoms with van der Waals surface area (Å²) in [5, 5.41) is 3.49. The van der Waals surface area contributed by atoms with Gasteiger partial charge in [0.2, 0.25) is 5.91 Å².